The van der Waals surface area contributed by atoms with Crippen LogP contribution in [-0.4, -0.2) is 0 Å². The van der Waals surface area contributed by atoms with Crippen molar-refractivity contribution in [1.82, 2.24) is 0 Å². The summed E-state index contributed by atoms with van der Waals surface area (Å²) in [6.07, 6.45) is 7.26. The summed E-state index contributed by atoms with van der Waals surface area (Å²) in [7, 11) is 0. The van der Waals surface area contributed by atoms with Gasteiger partial charge in [-0.15, -0.1) is 0 Å². The van der Waals surface area contributed by atoms with Crippen LogP contribution in [0.25, 0.3) is 0 Å². The molecule has 0 aromatic rings. The third kappa shape index (κ3) is 7.33. The molecule has 0 spiro atoms. The third-order valence-corrected chi connectivity index (χ3v) is 1.51. The van der Waals surface area contributed by atoms with Crippen LogP contribution in [0.2, 0.25) is 0 Å². The SMILES string of the molecule is C=C/C(C)=C\C(=C/C)CC.CC. The molecule has 70 valence electrons. The lowest BCUT2D eigenvalue weighted by Gasteiger charge is -1.95. The molecule has 0 aliphatic heterocycles. The maximum Gasteiger partial charge on any atom is -0.0311 e. The highest BCUT2D eigenvalue weighted by molar-refractivity contribution is 5.26. The second kappa shape index (κ2) is 10.2. The Hall–Kier alpha value is -0.780. The van der Waals surface area contributed by atoms with Crippen LogP contribution in [0.15, 0.2) is 36.0 Å². The van der Waals surface area contributed by atoms with Crippen molar-refractivity contribution in [1.29, 1.82) is 0 Å². The lowest BCUT2D eigenvalue weighted by Crippen LogP contribution is -1.75. The maximum absolute atomic E-state index is 3.69. The topological polar surface area (TPSA) is 0 Å². The lowest BCUT2D eigenvalue weighted by atomic mass is 10.1. The smallest absolute Gasteiger partial charge is 0.0311 e. The lowest BCUT2D eigenvalue weighted by molar-refractivity contribution is 1.13. The van der Waals surface area contributed by atoms with E-state index < -0.39 is 0 Å². The Morgan fingerprint density at radius 1 is 1.33 bits per heavy atom. The highest BCUT2D eigenvalue weighted by atomic mass is 13.9. The minimum atomic E-state index is 1.10. The molecule has 0 aliphatic carbocycles. The second-order valence-corrected chi connectivity index (χ2v) is 2.31. The van der Waals surface area contributed by atoms with Gasteiger partial charge in [0.25, 0.3) is 0 Å². The van der Waals surface area contributed by atoms with Crippen LogP contribution in [0.5, 0.6) is 0 Å². The Bertz CT molecular complexity index is 159. The van der Waals surface area contributed by atoms with Crippen molar-refractivity contribution >= 4 is 0 Å². The van der Waals surface area contributed by atoms with Crippen LogP contribution < -0.4 is 0 Å². The summed E-state index contributed by atoms with van der Waals surface area (Å²) in [5, 5.41) is 0. The van der Waals surface area contributed by atoms with E-state index >= 15 is 0 Å². The highest BCUT2D eigenvalue weighted by Gasteiger charge is 1.85. The Morgan fingerprint density at radius 3 is 2.08 bits per heavy atom. The van der Waals surface area contributed by atoms with Gasteiger partial charge in [0, 0.05) is 0 Å². The minimum absolute atomic E-state index is 1.10. The van der Waals surface area contributed by atoms with Gasteiger partial charge < -0.3 is 0 Å². The monoisotopic (exact) mass is 166 g/mol. The predicted molar refractivity (Wildman–Crippen MR) is 59.4 cm³/mol. The van der Waals surface area contributed by atoms with Crippen molar-refractivity contribution in [3.63, 3.8) is 0 Å². The van der Waals surface area contributed by atoms with Gasteiger partial charge >= 0.3 is 0 Å². The number of hydrogen-bond acceptors (Lipinski definition) is 0. The van der Waals surface area contributed by atoms with Crippen molar-refractivity contribution in [2.75, 3.05) is 0 Å². The van der Waals surface area contributed by atoms with Gasteiger partial charge in [-0.1, -0.05) is 56.7 Å². The molecule has 0 atom stereocenters. The third-order valence-electron chi connectivity index (χ3n) is 1.51. The summed E-state index contributed by atoms with van der Waals surface area (Å²) in [4.78, 5) is 0. The van der Waals surface area contributed by atoms with Gasteiger partial charge in [0.05, 0.1) is 0 Å². The van der Waals surface area contributed by atoms with Gasteiger partial charge in [0.2, 0.25) is 0 Å². The zero-order chi connectivity index (χ0) is 9.98. The van der Waals surface area contributed by atoms with Crippen LogP contribution in [0.4, 0.5) is 0 Å². The number of allylic oxidation sites excluding steroid dienone is 5. The molecular weight excluding hydrogens is 144 g/mol. The summed E-state index contributed by atoms with van der Waals surface area (Å²) in [5.74, 6) is 0. The van der Waals surface area contributed by atoms with E-state index in [9.17, 15) is 0 Å². The van der Waals surface area contributed by atoms with Gasteiger partial charge in [-0.3, -0.25) is 0 Å². The van der Waals surface area contributed by atoms with Crippen molar-refractivity contribution < 1.29 is 0 Å². The first-order chi connectivity index (χ1) is 5.74. The average molecular weight is 166 g/mol. The quantitative estimate of drug-likeness (QED) is 0.541. The van der Waals surface area contributed by atoms with Crippen LogP contribution in [0.3, 0.4) is 0 Å². The maximum atomic E-state index is 3.69. The van der Waals surface area contributed by atoms with E-state index in [2.05, 4.69) is 39.5 Å². The first-order valence-corrected chi connectivity index (χ1v) is 4.70. The first kappa shape index (κ1) is 13.8. The molecule has 0 fully saturated rings. The molecule has 12 heavy (non-hydrogen) atoms. The van der Waals surface area contributed by atoms with Crippen molar-refractivity contribution in [2.24, 2.45) is 0 Å². The molecule has 0 aliphatic rings. The fourth-order valence-corrected chi connectivity index (χ4v) is 0.741. The largest absolute Gasteiger partial charge is 0.0988 e. The minimum Gasteiger partial charge on any atom is -0.0988 e. The molecule has 0 unspecified atom stereocenters. The normalized spacial score (nSPS) is 11.8. The van der Waals surface area contributed by atoms with Gasteiger partial charge in [-0.05, 0) is 20.3 Å². The number of hydrogen-bond donors (Lipinski definition) is 0. The highest BCUT2D eigenvalue weighted by Crippen LogP contribution is 2.06. The van der Waals surface area contributed by atoms with E-state index in [0.29, 0.717) is 0 Å². The molecule has 0 bridgehead atoms. The zero-order valence-corrected chi connectivity index (χ0v) is 9.15. The molecule has 0 heteroatoms. The van der Waals surface area contributed by atoms with E-state index in [4.69, 9.17) is 0 Å². The molecule has 0 aromatic carbocycles. The molecule has 0 aromatic heterocycles. The molecule has 0 nitrogen and oxygen atoms in total. The molecular formula is C12H22. The molecule has 0 radical (unpaired) electrons. The van der Waals surface area contributed by atoms with E-state index in [1.807, 2.05) is 19.9 Å². The van der Waals surface area contributed by atoms with Crippen LogP contribution in [-0.2, 0) is 0 Å². The molecule has 0 N–H and O–H groups in total. The summed E-state index contributed by atoms with van der Waals surface area (Å²) in [5.41, 5.74) is 2.60. The van der Waals surface area contributed by atoms with E-state index in [1.54, 1.807) is 0 Å². The fourth-order valence-electron chi connectivity index (χ4n) is 0.741. The second-order valence-electron chi connectivity index (χ2n) is 2.31. The first-order valence-electron chi connectivity index (χ1n) is 4.70. The van der Waals surface area contributed by atoms with Gasteiger partial charge in [-0.25, -0.2) is 0 Å². The molecule has 0 saturated heterocycles. The molecule has 0 rings (SSSR count). The molecule has 0 heterocycles. The van der Waals surface area contributed by atoms with Crippen LogP contribution >= 0.6 is 0 Å². The summed E-state index contributed by atoms with van der Waals surface area (Å²) < 4.78 is 0. The van der Waals surface area contributed by atoms with Crippen LogP contribution in [0, 0.1) is 0 Å². The molecule has 0 saturated carbocycles. The Kier molecular flexibility index (Phi) is 11.7. The van der Waals surface area contributed by atoms with Gasteiger partial charge in [0.15, 0.2) is 0 Å². The standard InChI is InChI=1S/C10H16.C2H6/c1-5-9(4)8-10(6-2)7-3;1-2/h5-6,8H,1,7H2,2-4H3;1-2H3/b9-8-,10-6-;. The average Bonchev–Trinajstić information content (AvgIpc) is 2.16. The molecule has 0 amide bonds. The van der Waals surface area contributed by atoms with E-state index in [1.165, 1.54) is 11.1 Å². The predicted octanol–water partition coefficient (Wildman–Crippen LogP) is 4.50. The Labute approximate surface area is 77.7 Å². The summed E-state index contributed by atoms with van der Waals surface area (Å²) in [6, 6.07) is 0. The van der Waals surface area contributed by atoms with Crippen molar-refractivity contribution in [2.45, 2.75) is 41.0 Å². The van der Waals surface area contributed by atoms with Crippen LogP contribution in [0.1, 0.15) is 41.0 Å². The Balaban J connectivity index is 0. The van der Waals surface area contributed by atoms with Gasteiger partial charge in [0.1, 0.15) is 0 Å². The fraction of sp³-hybridized carbons (Fsp3) is 0.500. The van der Waals surface area contributed by atoms with Crippen molar-refractivity contribution in [3.8, 4) is 0 Å². The summed E-state index contributed by atoms with van der Waals surface area (Å²) in [6.45, 7) is 14.0. The van der Waals surface area contributed by atoms with Crippen molar-refractivity contribution in [3.05, 3.63) is 36.0 Å². The Morgan fingerprint density at radius 2 is 1.83 bits per heavy atom. The van der Waals surface area contributed by atoms with E-state index in [-0.39, 0.29) is 0 Å². The zero-order valence-electron chi connectivity index (χ0n) is 9.15. The number of rotatable bonds is 3. The van der Waals surface area contributed by atoms with E-state index in [0.717, 1.165) is 6.42 Å². The summed E-state index contributed by atoms with van der Waals surface area (Å²) >= 11 is 0. The van der Waals surface area contributed by atoms with Gasteiger partial charge in [-0.2, -0.15) is 0 Å².